The highest BCUT2D eigenvalue weighted by atomic mass is 35.5. The van der Waals surface area contributed by atoms with E-state index in [0.29, 0.717) is 22.2 Å². The predicted molar refractivity (Wildman–Crippen MR) is 83.6 cm³/mol. The Bertz CT molecular complexity index is 561. The van der Waals surface area contributed by atoms with Crippen LogP contribution in [-0.4, -0.2) is 33.1 Å². The Labute approximate surface area is 130 Å². The van der Waals surface area contributed by atoms with Gasteiger partial charge in [0.1, 0.15) is 12.4 Å². The molecular weight excluding hydrogens is 321 g/mol. The zero-order chi connectivity index (χ0) is 15.3. The number of hydrogen-bond donors (Lipinski definition) is 1. The van der Waals surface area contributed by atoms with Gasteiger partial charge in [-0.25, -0.2) is 8.42 Å². The Morgan fingerprint density at radius 2 is 2.00 bits per heavy atom. The molecule has 7 heteroatoms. The Morgan fingerprint density at radius 3 is 2.55 bits per heavy atom. The highest BCUT2D eigenvalue weighted by Crippen LogP contribution is 2.33. The van der Waals surface area contributed by atoms with Crippen molar-refractivity contribution in [1.82, 2.24) is 0 Å². The smallest absolute Gasteiger partial charge is 0.150 e. The van der Waals surface area contributed by atoms with Gasteiger partial charge in [-0.15, -0.1) is 0 Å². The summed E-state index contributed by atoms with van der Waals surface area (Å²) < 4.78 is 27.7. The average molecular weight is 340 g/mol. The van der Waals surface area contributed by atoms with Gasteiger partial charge in [0.2, 0.25) is 0 Å². The monoisotopic (exact) mass is 339 g/mol. The zero-order valence-corrected chi connectivity index (χ0v) is 13.9. The fraction of sp³-hybridized carbons (Fsp3) is 0.538. The van der Waals surface area contributed by atoms with E-state index in [2.05, 4.69) is 0 Å². The van der Waals surface area contributed by atoms with E-state index in [1.54, 1.807) is 12.1 Å². The van der Waals surface area contributed by atoms with E-state index in [4.69, 9.17) is 33.7 Å². The molecule has 1 atom stereocenters. The molecule has 4 nitrogen and oxygen atoms in total. The third-order valence-electron chi connectivity index (χ3n) is 2.79. The van der Waals surface area contributed by atoms with Gasteiger partial charge in [0.25, 0.3) is 0 Å². The van der Waals surface area contributed by atoms with E-state index in [1.165, 1.54) is 0 Å². The summed E-state index contributed by atoms with van der Waals surface area (Å²) in [5.41, 5.74) is 6.73. The van der Waals surface area contributed by atoms with Crippen LogP contribution in [0.15, 0.2) is 12.1 Å². The van der Waals surface area contributed by atoms with Gasteiger partial charge in [-0.2, -0.15) is 0 Å². The lowest BCUT2D eigenvalue weighted by Crippen LogP contribution is -2.22. The summed E-state index contributed by atoms with van der Waals surface area (Å²) in [4.78, 5) is 0. The fourth-order valence-corrected chi connectivity index (χ4v) is 2.63. The molecule has 1 rings (SSSR count). The number of ether oxygens (including phenoxy) is 1. The van der Waals surface area contributed by atoms with Crippen molar-refractivity contribution in [3.05, 3.63) is 27.7 Å². The van der Waals surface area contributed by atoms with Gasteiger partial charge in [-0.3, -0.25) is 0 Å². The van der Waals surface area contributed by atoms with E-state index in [9.17, 15) is 8.42 Å². The Balaban J connectivity index is 2.92. The van der Waals surface area contributed by atoms with Crippen LogP contribution in [0.4, 0.5) is 0 Å². The van der Waals surface area contributed by atoms with Crippen molar-refractivity contribution < 1.29 is 13.2 Å². The highest BCUT2D eigenvalue weighted by Gasteiger charge is 2.14. The second-order valence-electron chi connectivity index (χ2n) is 4.73. The average Bonchev–Trinajstić information content (AvgIpc) is 2.30. The van der Waals surface area contributed by atoms with Gasteiger partial charge < -0.3 is 10.5 Å². The van der Waals surface area contributed by atoms with Crippen molar-refractivity contribution in [3.63, 3.8) is 0 Å². The molecule has 0 fully saturated rings. The molecule has 0 amide bonds. The molecule has 0 saturated carbocycles. The van der Waals surface area contributed by atoms with Crippen LogP contribution in [0, 0.1) is 0 Å². The largest absolute Gasteiger partial charge is 0.491 e. The topological polar surface area (TPSA) is 69.4 Å². The quantitative estimate of drug-likeness (QED) is 0.829. The van der Waals surface area contributed by atoms with Crippen molar-refractivity contribution in [1.29, 1.82) is 0 Å². The fourth-order valence-electron chi connectivity index (χ4n) is 1.65. The normalized spacial score (nSPS) is 13.2. The predicted octanol–water partition coefficient (Wildman–Crippen LogP) is 2.70. The van der Waals surface area contributed by atoms with E-state index >= 15 is 0 Å². The minimum absolute atomic E-state index is 0.0261. The number of rotatable bonds is 7. The molecule has 1 unspecified atom stereocenters. The maximum absolute atomic E-state index is 11.1. The maximum Gasteiger partial charge on any atom is 0.150 e. The summed E-state index contributed by atoms with van der Waals surface area (Å²) in [6.07, 6.45) is 2.55. The van der Waals surface area contributed by atoms with Gasteiger partial charge >= 0.3 is 0 Å². The molecule has 0 radical (unpaired) electrons. The summed E-state index contributed by atoms with van der Waals surface area (Å²) in [6, 6.07) is 3.29. The summed E-state index contributed by atoms with van der Waals surface area (Å²) in [7, 11) is -3.07. The Kier molecular flexibility index (Phi) is 6.58. The van der Waals surface area contributed by atoms with Crippen molar-refractivity contribution in [2.75, 3.05) is 18.6 Å². The molecule has 20 heavy (non-hydrogen) atoms. The summed E-state index contributed by atoms with van der Waals surface area (Å²) in [5.74, 6) is 0.397. The first kappa shape index (κ1) is 17.6. The number of halogens is 2. The molecule has 0 saturated heterocycles. The zero-order valence-electron chi connectivity index (χ0n) is 11.5. The number of hydrogen-bond acceptors (Lipinski definition) is 4. The Hall–Kier alpha value is -0.490. The van der Waals surface area contributed by atoms with Crippen molar-refractivity contribution in [3.8, 4) is 5.75 Å². The van der Waals surface area contributed by atoms with Crippen LogP contribution < -0.4 is 10.5 Å². The van der Waals surface area contributed by atoms with Crippen LogP contribution in [0.5, 0.6) is 5.75 Å². The van der Waals surface area contributed by atoms with Gasteiger partial charge in [-0.05, 0) is 30.5 Å². The maximum atomic E-state index is 11.1. The molecule has 1 aromatic carbocycles. The van der Waals surface area contributed by atoms with Gasteiger partial charge in [-0.1, -0.05) is 30.1 Å². The molecule has 0 aliphatic rings. The van der Waals surface area contributed by atoms with Crippen LogP contribution in [-0.2, 0) is 16.3 Å². The first-order chi connectivity index (χ1) is 9.23. The summed E-state index contributed by atoms with van der Waals surface area (Å²) >= 11 is 12.1. The standard InChI is InChI=1S/C13H19Cl2NO3S/c1-3-11(16)7-9-6-10(14)8-12(15)13(9)19-4-5-20(2,17)18/h6,8,11H,3-5,7,16H2,1-2H3. The lowest BCUT2D eigenvalue weighted by atomic mass is 10.0. The first-order valence-corrected chi connectivity index (χ1v) is 9.08. The third kappa shape index (κ3) is 5.87. The first-order valence-electron chi connectivity index (χ1n) is 6.27. The molecule has 0 aliphatic heterocycles. The molecule has 2 N–H and O–H groups in total. The molecule has 0 bridgehead atoms. The van der Waals surface area contributed by atoms with Gasteiger partial charge in [0, 0.05) is 17.3 Å². The van der Waals surface area contributed by atoms with E-state index < -0.39 is 9.84 Å². The second kappa shape index (κ2) is 7.50. The van der Waals surface area contributed by atoms with Crippen LogP contribution in [0.3, 0.4) is 0 Å². The van der Waals surface area contributed by atoms with Crippen LogP contribution in [0.1, 0.15) is 18.9 Å². The lowest BCUT2D eigenvalue weighted by molar-refractivity contribution is 0.336. The molecule has 114 valence electrons. The summed E-state index contributed by atoms with van der Waals surface area (Å²) in [6.45, 7) is 2.04. The SMILES string of the molecule is CCC(N)Cc1cc(Cl)cc(Cl)c1OCCS(C)(=O)=O. The number of nitrogens with two attached hydrogens (primary N) is 1. The Morgan fingerprint density at radius 1 is 1.35 bits per heavy atom. The highest BCUT2D eigenvalue weighted by molar-refractivity contribution is 7.90. The molecular formula is C13H19Cl2NO3S. The molecule has 0 aromatic heterocycles. The third-order valence-corrected chi connectivity index (χ3v) is 4.20. The van der Waals surface area contributed by atoms with Gasteiger partial charge in [0.05, 0.1) is 10.8 Å². The molecule has 0 aliphatic carbocycles. The minimum atomic E-state index is -3.07. The summed E-state index contributed by atoms with van der Waals surface area (Å²) in [5, 5.41) is 0.869. The molecule has 1 aromatic rings. The van der Waals surface area contributed by atoms with Crippen LogP contribution >= 0.6 is 23.2 Å². The number of benzene rings is 1. The van der Waals surface area contributed by atoms with E-state index in [1.807, 2.05) is 6.92 Å². The number of sulfone groups is 1. The van der Waals surface area contributed by atoms with Gasteiger partial charge in [0.15, 0.2) is 9.84 Å². The minimum Gasteiger partial charge on any atom is -0.491 e. The van der Waals surface area contributed by atoms with Crippen molar-refractivity contribution in [2.24, 2.45) is 5.73 Å². The molecule has 0 spiro atoms. The van der Waals surface area contributed by atoms with E-state index in [0.717, 1.165) is 18.2 Å². The lowest BCUT2D eigenvalue weighted by Gasteiger charge is -2.16. The van der Waals surface area contributed by atoms with Crippen molar-refractivity contribution in [2.45, 2.75) is 25.8 Å². The van der Waals surface area contributed by atoms with E-state index in [-0.39, 0.29) is 18.4 Å². The second-order valence-corrected chi connectivity index (χ2v) is 7.83. The molecule has 0 heterocycles. The van der Waals surface area contributed by atoms with Crippen molar-refractivity contribution >= 4 is 33.0 Å². The van der Waals surface area contributed by atoms with Crippen LogP contribution in [0.25, 0.3) is 0 Å². The van der Waals surface area contributed by atoms with Crippen LogP contribution in [0.2, 0.25) is 10.0 Å².